The first kappa shape index (κ1) is 16.5. The number of rotatable bonds is 1. The van der Waals surface area contributed by atoms with Gasteiger partial charge in [0, 0.05) is 31.9 Å². The van der Waals surface area contributed by atoms with E-state index in [4.69, 9.17) is 17.0 Å². The number of amides is 1. The van der Waals surface area contributed by atoms with Crippen LogP contribution in [0.4, 0.5) is 10.5 Å². The molecule has 1 aromatic rings. The first-order valence-corrected chi connectivity index (χ1v) is 7.64. The number of aromatic nitrogens is 2. The summed E-state index contributed by atoms with van der Waals surface area (Å²) in [4.78, 5) is 33.3. The van der Waals surface area contributed by atoms with E-state index in [1.807, 2.05) is 32.6 Å². The summed E-state index contributed by atoms with van der Waals surface area (Å²) >= 11 is 4.95. The Labute approximate surface area is 134 Å². The van der Waals surface area contributed by atoms with Crippen molar-refractivity contribution in [3.05, 3.63) is 20.8 Å². The van der Waals surface area contributed by atoms with Crippen LogP contribution in [-0.2, 0) is 4.74 Å². The van der Waals surface area contributed by atoms with Crippen LogP contribution in [-0.4, -0.2) is 52.7 Å². The maximum Gasteiger partial charge on any atom is 0.410 e. The largest absolute Gasteiger partial charge is 0.444 e. The number of carbonyl (C=O) groups excluding carboxylic acids is 1. The third-order valence-electron chi connectivity index (χ3n) is 3.35. The van der Waals surface area contributed by atoms with Gasteiger partial charge in [0.15, 0.2) is 4.77 Å². The first-order valence-electron chi connectivity index (χ1n) is 7.23. The third kappa shape index (κ3) is 3.88. The molecule has 0 radical (unpaired) electrons. The second-order valence-electron chi connectivity index (χ2n) is 6.34. The van der Waals surface area contributed by atoms with E-state index in [1.165, 1.54) is 0 Å². The van der Waals surface area contributed by atoms with Crippen LogP contribution in [0.1, 0.15) is 26.5 Å². The molecule has 0 aliphatic carbocycles. The number of hydrogen-bond donors (Lipinski definition) is 2. The van der Waals surface area contributed by atoms with Gasteiger partial charge in [-0.1, -0.05) is 0 Å². The molecule has 0 aromatic carbocycles. The Hall–Kier alpha value is -1.83. The van der Waals surface area contributed by atoms with Crippen molar-refractivity contribution in [1.29, 1.82) is 0 Å². The number of piperazine rings is 1. The SMILES string of the molecule is Cc1[nH]c(=S)[nH]c(=O)c1N1CCN(C(=O)OC(C)(C)C)CC1. The smallest absolute Gasteiger partial charge is 0.410 e. The summed E-state index contributed by atoms with van der Waals surface area (Å²) in [6.07, 6.45) is -0.315. The average molecular weight is 326 g/mol. The second-order valence-corrected chi connectivity index (χ2v) is 6.74. The zero-order chi connectivity index (χ0) is 16.5. The van der Waals surface area contributed by atoms with Gasteiger partial charge < -0.3 is 19.5 Å². The average Bonchev–Trinajstić information content (AvgIpc) is 2.36. The van der Waals surface area contributed by atoms with Gasteiger partial charge in [0.05, 0.1) is 0 Å². The minimum Gasteiger partial charge on any atom is -0.444 e. The number of hydrogen-bond acceptors (Lipinski definition) is 5. The molecular weight excluding hydrogens is 304 g/mol. The lowest BCUT2D eigenvalue weighted by Crippen LogP contribution is -2.51. The highest BCUT2D eigenvalue weighted by molar-refractivity contribution is 7.71. The molecule has 0 atom stereocenters. The number of H-pyrrole nitrogens is 2. The van der Waals surface area contributed by atoms with Crippen molar-refractivity contribution >= 4 is 24.0 Å². The first-order chi connectivity index (χ1) is 10.2. The van der Waals surface area contributed by atoms with Gasteiger partial charge in [-0.3, -0.25) is 9.78 Å². The van der Waals surface area contributed by atoms with Gasteiger partial charge in [0.2, 0.25) is 0 Å². The summed E-state index contributed by atoms with van der Waals surface area (Å²) in [6, 6.07) is 0. The molecule has 2 N–H and O–H groups in total. The van der Waals surface area contributed by atoms with Crippen molar-refractivity contribution in [2.45, 2.75) is 33.3 Å². The fourth-order valence-electron chi connectivity index (χ4n) is 2.41. The zero-order valence-corrected chi connectivity index (χ0v) is 14.2. The standard InChI is InChI=1S/C14H22N4O3S/c1-9-10(11(19)16-12(22)15-9)17-5-7-18(8-6-17)13(20)21-14(2,3)4/h5-8H2,1-4H3,(H2,15,16,19,22). The van der Waals surface area contributed by atoms with Crippen LogP contribution in [0.3, 0.4) is 0 Å². The molecule has 1 amide bonds. The van der Waals surface area contributed by atoms with Gasteiger partial charge in [-0.2, -0.15) is 0 Å². The van der Waals surface area contributed by atoms with Crippen molar-refractivity contribution in [3.63, 3.8) is 0 Å². The van der Waals surface area contributed by atoms with Crippen LogP contribution in [0, 0.1) is 11.7 Å². The Balaban J connectivity index is 2.06. The van der Waals surface area contributed by atoms with Gasteiger partial charge in [0.1, 0.15) is 11.3 Å². The highest BCUT2D eigenvalue weighted by Gasteiger charge is 2.27. The van der Waals surface area contributed by atoms with Crippen molar-refractivity contribution in [2.75, 3.05) is 31.1 Å². The van der Waals surface area contributed by atoms with E-state index in [0.717, 1.165) is 5.69 Å². The second kappa shape index (κ2) is 6.12. The van der Waals surface area contributed by atoms with Crippen LogP contribution in [0.5, 0.6) is 0 Å². The van der Waals surface area contributed by atoms with Crippen LogP contribution >= 0.6 is 12.2 Å². The molecule has 1 fully saturated rings. The Morgan fingerprint density at radius 1 is 1.18 bits per heavy atom. The van der Waals surface area contributed by atoms with E-state index in [1.54, 1.807) is 4.90 Å². The summed E-state index contributed by atoms with van der Waals surface area (Å²) in [5, 5.41) is 0. The van der Waals surface area contributed by atoms with Crippen LogP contribution in [0.15, 0.2) is 4.79 Å². The number of nitrogens with zero attached hydrogens (tertiary/aromatic N) is 2. The Morgan fingerprint density at radius 2 is 1.77 bits per heavy atom. The number of ether oxygens (including phenoxy) is 1. The lowest BCUT2D eigenvalue weighted by molar-refractivity contribution is 0.0240. The summed E-state index contributed by atoms with van der Waals surface area (Å²) < 4.78 is 5.68. The number of nitrogens with one attached hydrogen (secondary N) is 2. The van der Waals surface area contributed by atoms with Crippen LogP contribution in [0.25, 0.3) is 0 Å². The maximum absolute atomic E-state index is 12.1. The lowest BCUT2D eigenvalue weighted by atomic mass is 10.2. The van der Waals surface area contributed by atoms with E-state index in [-0.39, 0.29) is 11.7 Å². The van der Waals surface area contributed by atoms with Crippen LogP contribution < -0.4 is 10.5 Å². The Kier molecular flexibility index (Phi) is 4.60. The van der Waals surface area contributed by atoms with Gasteiger partial charge in [0.25, 0.3) is 5.56 Å². The molecule has 1 aliphatic rings. The molecule has 7 nitrogen and oxygen atoms in total. The Bertz CT molecular complexity index is 666. The predicted molar refractivity (Wildman–Crippen MR) is 87.0 cm³/mol. The topological polar surface area (TPSA) is 81.4 Å². The lowest BCUT2D eigenvalue weighted by Gasteiger charge is -2.36. The molecule has 1 saturated heterocycles. The van der Waals surface area contributed by atoms with E-state index < -0.39 is 5.60 Å². The molecule has 2 rings (SSSR count). The molecule has 22 heavy (non-hydrogen) atoms. The van der Waals surface area contributed by atoms with Crippen molar-refractivity contribution in [3.8, 4) is 0 Å². The fourth-order valence-corrected chi connectivity index (χ4v) is 2.66. The molecule has 8 heteroatoms. The molecule has 1 aliphatic heterocycles. The molecular formula is C14H22N4O3S. The molecule has 2 heterocycles. The minimum atomic E-state index is -0.504. The van der Waals surface area contributed by atoms with E-state index >= 15 is 0 Å². The fraction of sp³-hybridized carbons (Fsp3) is 0.643. The van der Waals surface area contributed by atoms with Crippen LogP contribution in [0.2, 0.25) is 0 Å². The Morgan fingerprint density at radius 3 is 2.27 bits per heavy atom. The van der Waals surface area contributed by atoms with Gasteiger partial charge in [-0.05, 0) is 39.9 Å². The molecule has 0 saturated carbocycles. The molecule has 122 valence electrons. The molecule has 1 aromatic heterocycles. The summed E-state index contributed by atoms with van der Waals surface area (Å²) in [7, 11) is 0. The zero-order valence-electron chi connectivity index (χ0n) is 13.4. The predicted octanol–water partition coefficient (Wildman–Crippen LogP) is 1.80. The number of aromatic amines is 2. The van der Waals surface area contributed by atoms with E-state index in [0.29, 0.717) is 36.6 Å². The van der Waals surface area contributed by atoms with E-state index in [2.05, 4.69) is 9.97 Å². The summed E-state index contributed by atoms with van der Waals surface area (Å²) in [5.74, 6) is 0. The molecule has 0 unspecified atom stereocenters. The molecule has 0 bridgehead atoms. The van der Waals surface area contributed by atoms with Crippen molar-refractivity contribution in [1.82, 2.24) is 14.9 Å². The minimum absolute atomic E-state index is 0.202. The number of anilines is 1. The quantitative estimate of drug-likeness (QED) is 0.769. The van der Waals surface area contributed by atoms with Crippen molar-refractivity contribution in [2.24, 2.45) is 0 Å². The monoisotopic (exact) mass is 326 g/mol. The number of aryl methyl sites for hydroxylation is 1. The third-order valence-corrected chi connectivity index (χ3v) is 3.55. The summed E-state index contributed by atoms with van der Waals surface area (Å²) in [6.45, 7) is 9.54. The molecule has 0 spiro atoms. The van der Waals surface area contributed by atoms with Gasteiger partial charge >= 0.3 is 6.09 Å². The van der Waals surface area contributed by atoms with Gasteiger partial charge in [-0.25, -0.2) is 4.79 Å². The van der Waals surface area contributed by atoms with Crippen molar-refractivity contribution < 1.29 is 9.53 Å². The summed E-state index contributed by atoms with van der Waals surface area (Å²) in [5.41, 5.74) is 0.611. The maximum atomic E-state index is 12.1. The number of carbonyl (C=O) groups is 1. The highest BCUT2D eigenvalue weighted by Crippen LogP contribution is 2.16. The normalized spacial score (nSPS) is 15.8. The van der Waals surface area contributed by atoms with Gasteiger partial charge in [-0.15, -0.1) is 0 Å². The van der Waals surface area contributed by atoms with E-state index in [9.17, 15) is 9.59 Å². The highest BCUT2D eigenvalue weighted by atomic mass is 32.1.